The summed E-state index contributed by atoms with van der Waals surface area (Å²) in [6.45, 7) is 3.79. The second-order valence-corrected chi connectivity index (χ2v) is 8.18. The molecule has 2 aromatic rings. The molecule has 0 aromatic heterocycles. The van der Waals surface area contributed by atoms with Gasteiger partial charge in [0, 0.05) is 25.3 Å². The van der Waals surface area contributed by atoms with E-state index in [4.69, 9.17) is 11.6 Å². The summed E-state index contributed by atoms with van der Waals surface area (Å²) in [5.41, 5.74) is 2.80. The maximum Gasteiger partial charge on any atom is 0.255 e. The van der Waals surface area contributed by atoms with Crippen LogP contribution in [0.1, 0.15) is 21.5 Å². The molecule has 2 aromatic carbocycles. The van der Waals surface area contributed by atoms with Gasteiger partial charge in [-0.15, -0.1) is 0 Å². The normalized spacial score (nSPS) is 11.6. The number of nitrogens with zero attached hydrogens (tertiary/aromatic N) is 1. The number of rotatable bonds is 4. The van der Waals surface area contributed by atoms with Gasteiger partial charge in [0.25, 0.3) is 5.91 Å². The zero-order valence-electron chi connectivity index (χ0n) is 13.9. The summed E-state index contributed by atoms with van der Waals surface area (Å²) in [7, 11) is -0.908. The Balaban J connectivity index is 2.42. The molecule has 128 valence electrons. The molecular weight excluding hydrogens is 348 g/mol. The Morgan fingerprint density at radius 1 is 1.08 bits per heavy atom. The van der Waals surface area contributed by atoms with Crippen LogP contribution >= 0.6 is 11.6 Å². The van der Waals surface area contributed by atoms with E-state index in [9.17, 15) is 13.2 Å². The molecule has 0 aliphatic rings. The van der Waals surface area contributed by atoms with Gasteiger partial charge in [0.1, 0.15) is 4.90 Å². The molecular formula is C17H19ClN2O3S. The summed E-state index contributed by atoms with van der Waals surface area (Å²) in [6.07, 6.45) is 0. The van der Waals surface area contributed by atoms with Crippen molar-refractivity contribution in [3.63, 3.8) is 0 Å². The first-order valence-electron chi connectivity index (χ1n) is 7.24. The fraction of sp³-hybridized carbons (Fsp3) is 0.235. The third-order valence-corrected chi connectivity index (χ3v) is 5.97. The molecule has 1 amide bonds. The van der Waals surface area contributed by atoms with Crippen LogP contribution in [0.4, 0.5) is 5.69 Å². The van der Waals surface area contributed by atoms with Crippen LogP contribution in [0.15, 0.2) is 41.3 Å². The summed E-state index contributed by atoms with van der Waals surface area (Å²) in [5.74, 6) is -0.390. The first kappa shape index (κ1) is 18.4. The van der Waals surface area contributed by atoms with Crippen molar-refractivity contribution in [3.05, 3.63) is 58.1 Å². The molecule has 0 atom stereocenters. The van der Waals surface area contributed by atoms with E-state index < -0.39 is 10.0 Å². The molecule has 7 heteroatoms. The number of hydrogen-bond acceptors (Lipinski definition) is 3. The van der Waals surface area contributed by atoms with Gasteiger partial charge in [-0.2, -0.15) is 0 Å². The molecule has 0 aliphatic heterocycles. The highest BCUT2D eigenvalue weighted by Gasteiger charge is 2.22. The second-order valence-electron chi connectivity index (χ2n) is 5.65. The highest BCUT2D eigenvalue weighted by atomic mass is 35.5. The minimum atomic E-state index is -3.73. The van der Waals surface area contributed by atoms with E-state index in [2.05, 4.69) is 5.32 Å². The minimum absolute atomic E-state index is 0.0762. The molecule has 1 N–H and O–H groups in total. The predicted octanol–water partition coefficient (Wildman–Crippen LogP) is 3.46. The van der Waals surface area contributed by atoms with Crippen molar-refractivity contribution < 1.29 is 13.2 Å². The Morgan fingerprint density at radius 3 is 2.21 bits per heavy atom. The topological polar surface area (TPSA) is 66.5 Å². The lowest BCUT2D eigenvalue weighted by atomic mass is 10.1. The van der Waals surface area contributed by atoms with Crippen molar-refractivity contribution in [2.75, 3.05) is 19.4 Å². The molecule has 0 saturated heterocycles. The number of aryl methyl sites for hydroxylation is 2. The molecule has 5 nitrogen and oxygen atoms in total. The molecule has 0 radical (unpaired) electrons. The number of halogens is 1. The van der Waals surface area contributed by atoms with E-state index in [1.54, 1.807) is 0 Å². The van der Waals surface area contributed by atoms with E-state index in [1.807, 2.05) is 32.0 Å². The van der Waals surface area contributed by atoms with Crippen LogP contribution in [0.5, 0.6) is 0 Å². The third kappa shape index (κ3) is 3.61. The first-order valence-corrected chi connectivity index (χ1v) is 9.06. The van der Waals surface area contributed by atoms with Gasteiger partial charge in [0.05, 0.1) is 5.02 Å². The number of nitrogens with one attached hydrogen (secondary N) is 1. The molecule has 24 heavy (non-hydrogen) atoms. The maximum atomic E-state index is 12.5. The molecule has 0 bridgehead atoms. The average Bonchev–Trinajstić information content (AvgIpc) is 2.51. The highest BCUT2D eigenvalue weighted by Crippen LogP contribution is 2.26. The second kappa shape index (κ2) is 6.93. The fourth-order valence-corrected chi connectivity index (χ4v) is 3.63. The monoisotopic (exact) mass is 366 g/mol. The van der Waals surface area contributed by atoms with E-state index in [0.29, 0.717) is 0 Å². The van der Waals surface area contributed by atoms with Crippen LogP contribution in [0.3, 0.4) is 0 Å². The third-order valence-electron chi connectivity index (χ3n) is 3.67. The summed E-state index contributed by atoms with van der Waals surface area (Å²) in [6, 6.07) is 9.90. The van der Waals surface area contributed by atoms with Crippen LogP contribution < -0.4 is 5.32 Å². The van der Waals surface area contributed by atoms with Crippen LogP contribution in [-0.4, -0.2) is 32.7 Å². The lowest BCUT2D eigenvalue weighted by molar-refractivity contribution is 0.102. The molecule has 0 aliphatic carbocycles. The standard InChI is InChI=1S/C17H19ClN2O3S/c1-11-6-5-7-12(2)16(11)19-17(21)13-8-9-14(18)15(10-13)24(22,23)20(3)4/h5-10H,1-4H3,(H,19,21). The molecule has 0 saturated carbocycles. The van der Waals surface area contributed by atoms with E-state index in [0.717, 1.165) is 21.1 Å². The van der Waals surface area contributed by atoms with Crippen molar-refractivity contribution in [2.45, 2.75) is 18.7 Å². The fourth-order valence-electron chi connectivity index (χ4n) is 2.24. The average molecular weight is 367 g/mol. The van der Waals surface area contributed by atoms with Crippen molar-refractivity contribution >= 4 is 33.2 Å². The van der Waals surface area contributed by atoms with Gasteiger partial charge in [-0.3, -0.25) is 4.79 Å². The van der Waals surface area contributed by atoms with Gasteiger partial charge in [0.2, 0.25) is 10.0 Å². The van der Waals surface area contributed by atoms with E-state index in [-0.39, 0.29) is 21.4 Å². The number of anilines is 1. The smallest absolute Gasteiger partial charge is 0.255 e. The largest absolute Gasteiger partial charge is 0.322 e. The lowest BCUT2D eigenvalue weighted by Crippen LogP contribution is -2.23. The van der Waals surface area contributed by atoms with Crippen LogP contribution in [-0.2, 0) is 10.0 Å². The van der Waals surface area contributed by atoms with Crippen molar-refractivity contribution in [3.8, 4) is 0 Å². The van der Waals surface area contributed by atoms with Crippen LogP contribution in [0.2, 0.25) is 5.02 Å². The summed E-state index contributed by atoms with van der Waals surface area (Å²) in [5, 5.41) is 2.91. The Kier molecular flexibility index (Phi) is 5.32. The van der Waals surface area contributed by atoms with Crippen LogP contribution in [0.25, 0.3) is 0 Å². The number of sulfonamides is 1. The maximum absolute atomic E-state index is 12.5. The summed E-state index contributed by atoms with van der Waals surface area (Å²) in [4.78, 5) is 12.4. The van der Waals surface area contributed by atoms with Gasteiger partial charge in [-0.1, -0.05) is 29.8 Å². The van der Waals surface area contributed by atoms with Crippen molar-refractivity contribution in [2.24, 2.45) is 0 Å². The number of amides is 1. The number of hydrogen-bond donors (Lipinski definition) is 1. The van der Waals surface area contributed by atoms with Crippen LogP contribution in [0, 0.1) is 13.8 Å². The quantitative estimate of drug-likeness (QED) is 0.901. The van der Waals surface area contributed by atoms with E-state index >= 15 is 0 Å². The van der Waals surface area contributed by atoms with Gasteiger partial charge < -0.3 is 5.32 Å². The van der Waals surface area contributed by atoms with Gasteiger partial charge in [-0.25, -0.2) is 12.7 Å². The Hall–Kier alpha value is -1.89. The zero-order valence-corrected chi connectivity index (χ0v) is 15.5. The number of para-hydroxylation sites is 1. The number of carbonyl (C=O) groups excluding carboxylic acids is 1. The molecule has 0 unspecified atom stereocenters. The van der Waals surface area contributed by atoms with Crippen molar-refractivity contribution in [1.29, 1.82) is 0 Å². The first-order chi connectivity index (χ1) is 11.1. The molecule has 2 rings (SSSR count). The Labute approximate surface area is 147 Å². The van der Waals surface area contributed by atoms with Crippen molar-refractivity contribution in [1.82, 2.24) is 4.31 Å². The molecule has 0 heterocycles. The predicted molar refractivity (Wildman–Crippen MR) is 96.2 cm³/mol. The number of carbonyl (C=O) groups is 1. The van der Waals surface area contributed by atoms with Gasteiger partial charge in [0.15, 0.2) is 0 Å². The summed E-state index contributed by atoms with van der Waals surface area (Å²) >= 11 is 6.00. The van der Waals surface area contributed by atoms with E-state index in [1.165, 1.54) is 32.3 Å². The number of benzene rings is 2. The highest BCUT2D eigenvalue weighted by molar-refractivity contribution is 7.89. The molecule has 0 spiro atoms. The Morgan fingerprint density at radius 2 is 1.67 bits per heavy atom. The minimum Gasteiger partial charge on any atom is -0.322 e. The van der Waals surface area contributed by atoms with Gasteiger partial charge in [-0.05, 0) is 43.2 Å². The zero-order chi connectivity index (χ0) is 18.1. The van der Waals surface area contributed by atoms with Gasteiger partial charge >= 0.3 is 0 Å². The Bertz CT molecular complexity index is 872. The SMILES string of the molecule is Cc1cccc(C)c1NC(=O)c1ccc(Cl)c(S(=O)(=O)N(C)C)c1. The summed E-state index contributed by atoms with van der Waals surface area (Å²) < 4.78 is 25.7. The molecule has 0 fully saturated rings. The lowest BCUT2D eigenvalue weighted by Gasteiger charge is -2.15.